The Bertz CT molecular complexity index is 876. The van der Waals surface area contributed by atoms with Crippen LogP contribution in [0, 0.1) is 0 Å². The zero-order chi connectivity index (χ0) is 15.3. The van der Waals surface area contributed by atoms with Crippen LogP contribution in [0.4, 0.5) is 0 Å². The van der Waals surface area contributed by atoms with E-state index in [4.69, 9.17) is 11.6 Å². The molecular formula is C17H8ClNO2Se. The van der Waals surface area contributed by atoms with Gasteiger partial charge < -0.3 is 0 Å². The van der Waals surface area contributed by atoms with Crippen LogP contribution in [-0.2, 0) is 0 Å². The summed E-state index contributed by atoms with van der Waals surface area (Å²) in [5, 5.41) is 0.645. The second kappa shape index (κ2) is 5.03. The van der Waals surface area contributed by atoms with Crippen molar-refractivity contribution in [2.75, 3.05) is 0 Å². The normalized spacial score (nSPS) is 13.0. The van der Waals surface area contributed by atoms with E-state index in [9.17, 15) is 9.59 Å². The number of halogens is 1. The number of nitrogens with zero attached hydrogens (tertiary/aromatic N) is 1. The molecule has 3 aromatic rings. The molecule has 1 aliphatic carbocycles. The summed E-state index contributed by atoms with van der Waals surface area (Å²) in [5.41, 5.74) is 2.15. The van der Waals surface area contributed by atoms with Crippen molar-refractivity contribution < 1.29 is 9.59 Å². The molecule has 0 aliphatic heterocycles. The molecule has 0 amide bonds. The van der Waals surface area contributed by atoms with Crippen molar-refractivity contribution in [2.45, 2.75) is 0 Å². The van der Waals surface area contributed by atoms with Gasteiger partial charge in [-0.15, -0.1) is 0 Å². The predicted molar refractivity (Wildman–Crippen MR) is 84.9 cm³/mol. The van der Waals surface area contributed by atoms with Gasteiger partial charge in [-0.2, -0.15) is 0 Å². The second-order valence-electron chi connectivity index (χ2n) is 4.91. The van der Waals surface area contributed by atoms with Gasteiger partial charge in [0.05, 0.1) is 0 Å². The van der Waals surface area contributed by atoms with Crippen LogP contribution in [0.25, 0.3) is 10.1 Å². The van der Waals surface area contributed by atoms with Crippen LogP contribution in [0.1, 0.15) is 30.8 Å². The third-order valence-electron chi connectivity index (χ3n) is 3.56. The van der Waals surface area contributed by atoms with Crippen LogP contribution in [0.2, 0.25) is 5.02 Å². The van der Waals surface area contributed by atoms with Crippen molar-refractivity contribution in [1.29, 1.82) is 0 Å². The summed E-state index contributed by atoms with van der Waals surface area (Å²) < 4.78 is 1.35. The van der Waals surface area contributed by atoms with E-state index in [-0.39, 0.29) is 26.1 Å². The van der Waals surface area contributed by atoms with E-state index in [1.54, 1.807) is 36.4 Å². The average Bonchev–Trinajstić information content (AvgIpc) is 2.99. The van der Waals surface area contributed by atoms with Crippen LogP contribution < -0.4 is 0 Å². The van der Waals surface area contributed by atoms with Crippen LogP contribution in [0.3, 0.4) is 0 Å². The Morgan fingerprint density at radius 3 is 2.18 bits per heavy atom. The van der Waals surface area contributed by atoms with Crippen LogP contribution in [-0.4, -0.2) is 31.1 Å². The number of hydrogen-bond donors (Lipinski definition) is 0. The average molecular weight is 373 g/mol. The summed E-state index contributed by atoms with van der Waals surface area (Å²) >= 11 is 5.63. The minimum atomic E-state index is -0.260. The van der Waals surface area contributed by atoms with Gasteiger partial charge in [0.25, 0.3) is 0 Å². The van der Waals surface area contributed by atoms with Crippen molar-refractivity contribution in [2.24, 2.45) is 0 Å². The minimum absolute atomic E-state index is 0.0714. The van der Waals surface area contributed by atoms with Crippen LogP contribution in [0.5, 0.6) is 0 Å². The van der Waals surface area contributed by atoms with Gasteiger partial charge >= 0.3 is 137 Å². The molecule has 2 aromatic carbocycles. The summed E-state index contributed by atoms with van der Waals surface area (Å²) in [7, 11) is 0. The van der Waals surface area contributed by atoms with Gasteiger partial charge in [-0.05, 0) is 0 Å². The maximum atomic E-state index is 12.6. The van der Waals surface area contributed by atoms with Crippen molar-refractivity contribution >= 4 is 37.7 Å². The Kier molecular flexibility index (Phi) is 3.12. The molecule has 1 heterocycles. The SMILES string of the molecule is O=C1c2ccccc2C(=O)c2[se]c(-c3ccc(Cl)cc3)nc21. The van der Waals surface area contributed by atoms with Gasteiger partial charge in [-0.3, -0.25) is 0 Å². The maximum absolute atomic E-state index is 12.6. The number of ketones is 2. The summed E-state index contributed by atoms with van der Waals surface area (Å²) in [6, 6.07) is 14.2. The third-order valence-corrected chi connectivity index (χ3v) is 6.12. The monoisotopic (exact) mass is 373 g/mol. The van der Waals surface area contributed by atoms with E-state index < -0.39 is 0 Å². The molecule has 0 N–H and O–H groups in total. The predicted octanol–water partition coefficient (Wildman–Crippen LogP) is 3.23. The Hall–Kier alpha value is -2.00. The number of aromatic nitrogens is 1. The summed E-state index contributed by atoms with van der Waals surface area (Å²) in [4.78, 5) is 29.6. The van der Waals surface area contributed by atoms with Crippen LogP contribution >= 0.6 is 11.6 Å². The van der Waals surface area contributed by atoms with Crippen molar-refractivity contribution in [3.63, 3.8) is 0 Å². The molecule has 0 unspecified atom stereocenters. The number of fused-ring (bicyclic) bond motifs is 2. The van der Waals surface area contributed by atoms with E-state index in [2.05, 4.69) is 4.98 Å². The summed E-state index contributed by atoms with van der Waals surface area (Å²) in [6.45, 7) is 0. The van der Waals surface area contributed by atoms with E-state index >= 15 is 0 Å². The first-order valence-corrected chi connectivity index (χ1v) is 8.69. The van der Waals surface area contributed by atoms with E-state index in [0.29, 0.717) is 26.3 Å². The molecule has 1 aromatic heterocycles. The van der Waals surface area contributed by atoms with Crippen molar-refractivity contribution in [3.8, 4) is 10.1 Å². The molecule has 1 aliphatic rings. The Labute approximate surface area is 137 Å². The molecule has 22 heavy (non-hydrogen) atoms. The first-order chi connectivity index (χ1) is 10.6. The fourth-order valence-electron chi connectivity index (χ4n) is 2.47. The van der Waals surface area contributed by atoms with Gasteiger partial charge in [0.1, 0.15) is 0 Å². The number of carbonyl (C=O) groups is 2. The zero-order valence-electron chi connectivity index (χ0n) is 11.2. The molecule has 4 rings (SSSR count). The van der Waals surface area contributed by atoms with Gasteiger partial charge in [0.15, 0.2) is 0 Å². The molecule has 0 atom stereocenters. The Morgan fingerprint density at radius 1 is 0.864 bits per heavy atom. The number of benzene rings is 2. The molecule has 3 nitrogen and oxygen atoms in total. The molecule has 0 spiro atoms. The molecule has 0 bridgehead atoms. The molecule has 106 valence electrons. The molecular weight excluding hydrogens is 365 g/mol. The molecule has 0 radical (unpaired) electrons. The number of rotatable bonds is 1. The third kappa shape index (κ3) is 2.00. The standard InChI is InChI=1S/C17H8ClNO2Se/c18-10-7-5-9(6-8-10)17-19-13-14(20)11-3-1-2-4-12(11)15(21)16(13)22-17/h1-8H. The molecule has 0 saturated carbocycles. The van der Waals surface area contributed by atoms with Crippen molar-refractivity contribution in [3.05, 3.63) is 74.8 Å². The second-order valence-corrected chi connectivity index (χ2v) is 7.44. The van der Waals surface area contributed by atoms with Gasteiger partial charge in [-0.25, -0.2) is 0 Å². The fraction of sp³-hybridized carbons (Fsp3) is 0. The van der Waals surface area contributed by atoms with Gasteiger partial charge in [0.2, 0.25) is 0 Å². The van der Waals surface area contributed by atoms with Crippen LogP contribution in [0.15, 0.2) is 48.5 Å². The quantitative estimate of drug-likeness (QED) is 0.482. The van der Waals surface area contributed by atoms with Gasteiger partial charge in [-0.1, -0.05) is 0 Å². The summed E-state index contributed by atoms with van der Waals surface area (Å²) in [5.74, 6) is -0.228. The van der Waals surface area contributed by atoms with Gasteiger partial charge in [0, 0.05) is 0 Å². The molecule has 0 saturated heterocycles. The van der Waals surface area contributed by atoms with E-state index in [1.807, 2.05) is 12.1 Å². The molecule has 0 fully saturated rings. The fourth-order valence-corrected chi connectivity index (χ4v) is 4.74. The Balaban J connectivity index is 1.88. The first kappa shape index (κ1) is 13.6. The topological polar surface area (TPSA) is 47.0 Å². The van der Waals surface area contributed by atoms with E-state index in [0.717, 1.165) is 10.1 Å². The zero-order valence-corrected chi connectivity index (χ0v) is 13.6. The Morgan fingerprint density at radius 2 is 1.50 bits per heavy atom. The molecule has 5 heteroatoms. The van der Waals surface area contributed by atoms with E-state index in [1.165, 1.54) is 0 Å². The van der Waals surface area contributed by atoms with Crippen molar-refractivity contribution in [1.82, 2.24) is 4.98 Å². The number of carbonyl (C=O) groups excluding carboxylic acids is 2. The number of hydrogen-bond acceptors (Lipinski definition) is 3. The first-order valence-electron chi connectivity index (χ1n) is 6.60. The summed E-state index contributed by atoms with van der Waals surface area (Å²) in [6.07, 6.45) is 0.